The molecular weight excluding hydrogens is 266 g/mol. The highest BCUT2D eigenvalue weighted by Gasteiger charge is 2.18. The molecule has 1 aliphatic rings. The van der Waals surface area contributed by atoms with E-state index >= 15 is 0 Å². The Bertz CT molecular complexity index is 483. The monoisotopic (exact) mass is 291 g/mol. The molecule has 0 spiro atoms. The lowest BCUT2D eigenvalue weighted by molar-refractivity contribution is -0.123. The molecule has 1 atom stereocenters. The second-order valence-corrected chi connectivity index (χ2v) is 5.64. The molecule has 21 heavy (non-hydrogen) atoms. The minimum absolute atomic E-state index is 0.0192. The third-order valence-electron chi connectivity index (χ3n) is 4.12. The quantitative estimate of drug-likeness (QED) is 0.847. The normalized spacial score (nSPS) is 17.4. The Labute approximate surface area is 126 Å². The van der Waals surface area contributed by atoms with Crippen LogP contribution in [-0.2, 0) is 11.2 Å². The molecule has 2 rings (SSSR count). The van der Waals surface area contributed by atoms with Gasteiger partial charge in [0, 0.05) is 6.04 Å². The second-order valence-electron chi connectivity index (χ2n) is 5.64. The van der Waals surface area contributed by atoms with E-state index in [1.165, 1.54) is 5.56 Å². The lowest BCUT2D eigenvalue weighted by Crippen LogP contribution is -2.37. The molecule has 2 N–H and O–H groups in total. The van der Waals surface area contributed by atoms with Crippen LogP contribution in [0.4, 0.5) is 0 Å². The average molecular weight is 291 g/mol. The SMILES string of the molecule is CCC(CC)NC(=O)COc1ccc2c(c1)[C@H](O)CCC2. The highest BCUT2D eigenvalue weighted by molar-refractivity contribution is 5.77. The van der Waals surface area contributed by atoms with E-state index in [4.69, 9.17) is 4.74 Å². The van der Waals surface area contributed by atoms with Crippen molar-refractivity contribution in [1.82, 2.24) is 5.32 Å². The van der Waals surface area contributed by atoms with Crippen molar-refractivity contribution in [3.05, 3.63) is 29.3 Å². The number of fused-ring (bicyclic) bond motifs is 1. The van der Waals surface area contributed by atoms with Gasteiger partial charge < -0.3 is 15.2 Å². The molecule has 0 saturated carbocycles. The first-order chi connectivity index (χ1) is 10.1. The third kappa shape index (κ3) is 4.21. The molecule has 0 aromatic heterocycles. The molecule has 1 aromatic rings. The van der Waals surface area contributed by atoms with Crippen molar-refractivity contribution in [2.24, 2.45) is 0 Å². The summed E-state index contributed by atoms with van der Waals surface area (Å²) in [5, 5.41) is 13.0. The minimum atomic E-state index is -0.407. The van der Waals surface area contributed by atoms with Crippen molar-refractivity contribution in [3.63, 3.8) is 0 Å². The van der Waals surface area contributed by atoms with Gasteiger partial charge in [-0.15, -0.1) is 0 Å². The number of benzene rings is 1. The highest BCUT2D eigenvalue weighted by atomic mass is 16.5. The maximum Gasteiger partial charge on any atom is 0.258 e. The number of hydrogen-bond donors (Lipinski definition) is 2. The van der Waals surface area contributed by atoms with E-state index in [2.05, 4.69) is 19.2 Å². The summed E-state index contributed by atoms with van der Waals surface area (Å²) in [6.07, 6.45) is 4.26. The fraction of sp³-hybridized carbons (Fsp3) is 0.588. The molecule has 116 valence electrons. The highest BCUT2D eigenvalue weighted by Crippen LogP contribution is 2.32. The predicted octanol–water partition coefficient (Wildman–Crippen LogP) is 2.74. The number of rotatable bonds is 6. The van der Waals surface area contributed by atoms with Crippen LogP contribution in [0.3, 0.4) is 0 Å². The minimum Gasteiger partial charge on any atom is -0.484 e. The first-order valence-corrected chi connectivity index (χ1v) is 7.87. The van der Waals surface area contributed by atoms with Crippen LogP contribution in [0, 0.1) is 0 Å². The Hall–Kier alpha value is -1.55. The largest absolute Gasteiger partial charge is 0.484 e. The standard InChI is InChI=1S/C17H25NO3/c1-3-13(4-2)18-17(20)11-21-14-9-8-12-6-5-7-16(19)15(12)10-14/h8-10,13,16,19H,3-7,11H2,1-2H3,(H,18,20)/t16-/m1/s1. The molecule has 1 aromatic carbocycles. The van der Waals surface area contributed by atoms with Crippen molar-refractivity contribution in [2.75, 3.05) is 6.61 Å². The van der Waals surface area contributed by atoms with Crippen LogP contribution in [0.25, 0.3) is 0 Å². The topological polar surface area (TPSA) is 58.6 Å². The fourth-order valence-corrected chi connectivity index (χ4v) is 2.75. The molecule has 0 radical (unpaired) electrons. The van der Waals surface area contributed by atoms with E-state index in [0.29, 0.717) is 5.75 Å². The number of ether oxygens (including phenoxy) is 1. The molecule has 4 nitrogen and oxygen atoms in total. The molecule has 1 aliphatic carbocycles. The van der Waals surface area contributed by atoms with Crippen LogP contribution in [0.2, 0.25) is 0 Å². The molecule has 0 heterocycles. The predicted molar refractivity (Wildman–Crippen MR) is 82.3 cm³/mol. The van der Waals surface area contributed by atoms with Crippen LogP contribution < -0.4 is 10.1 Å². The van der Waals surface area contributed by atoms with Gasteiger partial charge in [-0.3, -0.25) is 4.79 Å². The Kier molecular flexibility index (Phi) is 5.62. The second kappa shape index (κ2) is 7.46. The van der Waals surface area contributed by atoms with Gasteiger partial charge >= 0.3 is 0 Å². The molecular formula is C17H25NO3. The number of nitrogens with one attached hydrogen (secondary N) is 1. The summed E-state index contributed by atoms with van der Waals surface area (Å²) in [5.74, 6) is 0.552. The van der Waals surface area contributed by atoms with Crippen LogP contribution in [0.5, 0.6) is 5.75 Å². The Morgan fingerprint density at radius 1 is 1.43 bits per heavy atom. The van der Waals surface area contributed by atoms with Crippen molar-refractivity contribution < 1.29 is 14.6 Å². The zero-order valence-corrected chi connectivity index (χ0v) is 12.9. The van der Waals surface area contributed by atoms with Crippen LogP contribution in [0.1, 0.15) is 56.8 Å². The summed E-state index contributed by atoms with van der Waals surface area (Å²) in [4.78, 5) is 11.8. The molecule has 4 heteroatoms. The number of amides is 1. The van der Waals surface area contributed by atoms with Gasteiger partial charge in [0.05, 0.1) is 6.10 Å². The summed E-state index contributed by atoms with van der Waals surface area (Å²) in [6, 6.07) is 5.95. The fourth-order valence-electron chi connectivity index (χ4n) is 2.75. The van der Waals surface area contributed by atoms with E-state index in [-0.39, 0.29) is 18.6 Å². The lowest BCUT2D eigenvalue weighted by atomic mass is 9.89. The number of carbonyl (C=O) groups excluding carboxylic acids is 1. The van der Waals surface area contributed by atoms with Crippen LogP contribution in [-0.4, -0.2) is 23.7 Å². The van der Waals surface area contributed by atoms with Crippen LogP contribution >= 0.6 is 0 Å². The molecule has 0 unspecified atom stereocenters. The summed E-state index contributed by atoms with van der Waals surface area (Å²) in [6.45, 7) is 4.13. The van der Waals surface area contributed by atoms with Gasteiger partial charge in [0.15, 0.2) is 6.61 Å². The van der Waals surface area contributed by atoms with Gasteiger partial charge in [0.25, 0.3) is 5.91 Å². The van der Waals surface area contributed by atoms with Crippen molar-refractivity contribution in [3.8, 4) is 5.75 Å². The number of carbonyl (C=O) groups is 1. The lowest BCUT2D eigenvalue weighted by Gasteiger charge is -2.22. The summed E-state index contributed by atoms with van der Waals surface area (Å²) in [7, 11) is 0. The molecule has 0 bridgehead atoms. The van der Waals surface area contributed by atoms with Gasteiger partial charge in [-0.1, -0.05) is 19.9 Å². The average Bonchev–Trinajstić information content (AvgIpc) is 2.51. The first kappa shape index (κ1) is 15.8. The Balaban J connectivity index is 1.92. The maximum atomic E-state index is 11.8. The van der Waals surface area contributed by atoms with Gasteiger partial charge in [-0.25, -0.2) is 0 Å². The zero-order valence-electron chi connectivity index (χ0n) is 12.9. The van der Waals surface area contributed by atoms with E-state index in [1.54, 1.807) is 0 Å². The number of aliphatic hydroxyl groups is 1. The van der Waals surface area contributed by atoms with E-state index in [1.807, 2.05) is 18.2 Å². The number of hydrogen-bond acceptors (Lipinski definition) is 3. The Morgan fingerprint density at radius 3 is 2.90 bits per heavy atom. The van der Waals surface area contributed by atoms with Crippen molar-refractivity contribution in [1.29, 1.82) is 0 Å². The number of aliphatic hydroxyl groups excluding tert-OH is 1. The van der Waals surface area contributed by atoms with E-state index in [9.17, 15) is 9.90 Å². The van der Waals surface area contributed by atoms with E-state index in [0.717, 1.165) is 37.7 Å². The van der Waals surface area contributed by atoms with Gasteiger partial charge in [0.2, 0.25) is 0 Å². The molecule has 0 fully saturated rings. The maximum absolute atomic E-state index is 11.8. The molecule has 1 amide bonds. The van der Waals surface area contributed by atoms with Crippen molar-refractivity contribution >= 4 is 5.91 Å². The number of aryl methyl sites for hydroxylation is 1. The molecule has 0 saturated heterocycles. The summed E-state index contributed by atoms with van der Waals surface area (Å²) in [5.41, 5.74) is 2.13. The van der Waals surface area contributed by atoms with Gasteiger partial charge in [0.1, 0.15) is 5.75 Å². The zero-order chi connectivity index (χ0) is 15.2. The van der Waals surface area contributed by atoms with Crippen LogP contribution in [0.15, 0.2) is 18.2 Å². The first-order valence-electron chi connectivity index (χ1n) is 7.87. The van der Waals surface area contributed by atoms with Crippen molar-refractivity contribution in [2.45, 2.75) is 58.1 Å². The summed E-state index contributed by atoms with van der Waals surface area (Å²) < 4.78 is 5.55. The summed E-state index contributed by atoms with van der Waals surface area (Å²) >= 11 is 0. The van der Waals surface area contributed by atoms with Gasteiger partial charge in [-0.2, -0.15) is 0 Å². The molecule has 0 aliphatic heterocycles. The van der Waals surface area contributed by atoms with Gasteiger partial charge in [-0.05, 0) is 55.4 Å². The Morgan fingerprint density at radius 2 is 2.19 bits per heavy atom. The van der Waals surface area contributed by atoms with E-state index < -0.39 is 6.10 Å². The smallest absolute Gasteiger partial charge is 0.258 e. The third-order valence-corrected chi connectivity index (χ3v) is 4.12.